The number of para-hydroxylation sites is 1. The van der Waals surface area contributed by atoms with E-state index in [0.29, 0.717) is 11.5 Å². The predicted octanol–water partition coefficient (Wildman–Crippen LogP) is 8.72. The normalized spacial score (nSPS) is 14.7. The second-order valence-electron chi connectivity index (χ2n) is 12.5. The average Bonchev–Trinajstić information content (AvgIpc) is 3.67. The molecule has 6 aromatic rings. The third kappa shape index (κ3) is 5.46. The number of rotatable bonds is 9. The van der Waals surface area contributed by atoms with Crippen LogP contribution in [0, 0.1) is 6.92 Å². The minimum absolute atomic E-state index is 0.0857. The van der Waals surface area contributed by atoms with Crippen molar-refractivity contribution in [3.63, 3.8) is 0 Å². The molecule has 0 aliphatic carbocycles. The van der Waals surface area contributed by atoms with Crippen LogP contribution in [-0.4, -0.2) is 48.7 Å². The number of hydrogen-bond acceptors (Lipinski definition) is 5. The lowest BCUT2D eigenvalue weighted by molar-refractivity contribution is 0.378. The Labute approximate surface area is 274 Å². The molecule has 7 heteroatoms. The zero-order chi connectivity index (χ0) is 31.9. The van der Waals surface area contributed by atoms with Gasteiger partial charge in [-0.2, -0.15) is 0 Å². The third-order valence-corrected chi connectivity index (χ3v) is 9.59. The Morgan fingerprint density at radius 3 is 1.98 bits per heavy atom. The van der Waals surface area contributed by atoms with Crippen LogP contribution in [0.4, 0.5) is 0 Å². The lowest BCUT2D eigenvalue weighted by Gasteiger charge is -2.24. The van der Waals surface area contributed by atoms with E-state index < -0.39 is 0 Å². The molecular weight excluding hydrogens is 584 g/mol. The topological polar surface area (TPSA) is 84.0 Å². The number of H-pyrrole nitrogens is 2. The molecule has 0 amide bonds. The standard InChI is InChI=1S/C40H38N4O3/c1-24-9-12-29-31-15-17-41-35(39(31)43-33(29)19-24)20-26(25-10-14-37(46-3)38(22-25)47-27-7-5-4-6-8-27)21-36-40-32(16-18-42-36)30-13-11-28(45-2)23-34(30)44-40/h4-14,19,22-23,26,43-44H,15-18,20-21H2,1-3H3. The van der Waals surface area contributed by atoms with Crippen LogP contribution in [0.3, 0.4) is 0 Å². The zero-order valence-corrected chi connectivity index (χ0v) is 27.0. The number of aliphatic imine (C=N–C) groups is 2. The van der Waals surface area contributed by atoms with E-state index in [-0.39, 0.29) is 5.92 Å². The SMILES string of the molecule is COc1ccc2c3c([nH]c2c1)C(CC(CC1=NCCc2c1[nH]c1cc(C)ccc21)c1ccc(OC)c(Oc2ccccc2)c1)=NCC3. The minimum atomic E-state index is 0.0857. The van der Waals surface area contributed by atoms with Crippen LogP contribution in [0.15, 0.2) is 94.9 Å². The number of methoxy groups -OCH3 is 2. The van der Waals surface area contributed by atoms with Gasteiger partial charge in [0.05, 0.1) is 37.0 Å². The van der Waals surface area contributed by atoms with Gasteiger partial charge in [-0.05, 0) is 103 Å². The molecule has 0 spiro atoms. The summed E-state index contributed by atoms with van der Waals surface area (Å²) in [4.78, 5) is 17.7. The molecule has 1 unspecified atom stereocenters. The second-order valence-corrected chi connectivity index (χ2v) is 12.5. The summed E-state index contributed by atoms with van der Waals surface area (Å²) in [5.74, 6) is 3.09. The molecule has 0 bridgehead atoms. The first-order valence-corrected chi connectivity index (χ1v) is 16.4. The number of benzene rings is 4. The van der Waals surface area contributed by atoms with Gasteiger partial charge in [-0.15, -0.1) is 0 Å². The number of ether oxygens (including phenoxy) is 3. The Hall–Kier alpha value is -5.30. The summed E-state index contributed by atoms with van der Waals surface area (Å²) in [7, 11) is 3.39. The minimum Gasteiger partial charge on any atom is -0.497 e. The average molecular weight is 623 g/mol. The molecule has 4 heterocycles. The van der Waals surface area contributed by atoms with E-state index in [9.17, 15) is 0 Å². The summed E-state index contributed by atoms with van der Waals surface area (Å²) in [6.07, 6.45) is 3.37. The van der Waals surface area contributed by atoms with E-state index in [1.165, 1.54) is 38.7 Å². The lowest BCUT2D eigenvalue weighted by Crippen LogP contribution is -2.20. The van der Waals surface area contributed by atoms with Crippen LogP contribution in [0.5, 0.6) is 23.0 Å². The van der Waals surface area contributed by atoms with Crippen molar-refractivity contribution in [2.75, 3.05) is 27.3 Å². The van der Waals surface area contributed by atoms with Gasteiger partial charge in [0.25, 0.3) is 0 Å². The quantitative estimate of drug-likeness (QED) is 0.169. The van der Waals surface area contributed by atoms with Gasteiger partial charge in [0.2, 0.25) is 0 Å². The number of aromatic amines is 2. The second kappa shape index (κ2) is 12.1. The molecule has 8 rings (SSSR count). The number of aromatic nitrogens is 2. The number of hydrogen-bond donors (Lipinski definition) is 2. The van der Waals surface area contributed by atoms with Gasteiger partial charge in [-0.25, -0.2) is 0 Å². The molecule has 0 radical (unpaired) electrons. The molecule has 2 aliphatic rings. The number of nitrogens with zero attached hydrogens (tertiary/aromatic N) is 2. The van der Waals surface area contributed by atoms with Gasteiger partial charge in [-0.1, -0.05) is 36.4 Å². The Morgan fingerprint density at radius 1 is 0.660 bits per heavy atom. The molecule has 2 aromatic heterocycles. The Morgan fingerprint density at radius 2 is 1.32 bits per heavy atom. The summed E-state index contributed by atoms with van der Waals surface area (Å²) in [5.41, 5.74) is 11.9. The first-order chi connectivity index (χ1) is 23.1. The fraction of sp³-hybridized carbons (Fsp3) is 0.250. The number of nitrogens with one attached hydrogen (secondary N) is 2. The van der Waals surface area contributed by atoms with Crippen molar-refractivity contribution in [3.05, 3.63) is 119 Å². The summed E-state index contributed by atoms with van der Waals surface area (Å²) in [5, 5.41) is 2.54. The highest BCUT2D eigenvalue weighted by molar-refractivity contribution is 6.09. The van der Waals surface area contributed by atoms with Gasteiger partial charge < -0.3 is 24.2 Å². The molecule has 4 aromatic carbocycles. The van der Waals surface area contributed by atoms with E-state index in [1.807, 2.05) is 42.5 Å². The number of aryl methyl sites for hydroxylation is 1. The van der Waals surface area contributed by atoms with Crippen molar-refractivity contribution in [1.29, 1.82) is 0 Å². The van der Waals surface area contributed by atoms with E-state index in [1.54, 1.807) is 14.2 Å². The van der Waals surface area contributed by atoms with Crippen molar-refractivity contribution >= 4 is 33.2 Å². The van der Waals surface area contributed by atoms with E-state index in [2.05, 4.69) is 59.4 Å². The molecule has 1 atom stereocenters. The molecule has 0 fully saturated rings. The van der Waals surface area contributed by atoms with Crippen LogP contribution in [0.2, 0.25) is 0 Å². The van der Waals surface area contributed by atoms with Crippen LogP contribution in [0.25, 0.3) is 21.8 Å². The first kappa shape index (κ1) is 29.1. The summed E-state index contributed by atoms with van der Waals surface area (Å²) >= 11 is 0. The predicted molar refractivity (Wildman–Crippen MR) is 190 cm³/mol. The maximum atomic E-state index is 6.39. The highest BCUT2D eigenvalue weighted by Gasteiger charge is 2.28. The smallest absolute Gasteiger partial charge is 0.169 e. The molecule has 236 valence electrons. The van der Waals surface area contributed by atoms with Crippen LogP contribution in [-0.2, 0) is 12.8 Å². The van der Waals surface area contributed by atoms with Gasteiger partial charge >= 0.3 is 0 Å². The summed E-state index contributed by atoms with van der Waals surface area (Å²) in [6, 6.07) is 29.1. The number of fused-ring (bicyclic) bond motifs is 6. The van der Waals surface area contributed by atoms with Gasteiger partial charge in [0, 0.05) is 41.0 Å². The molecule has 2 N–H and O–H groups in total. The Bertz CT molecular complexity index is 2170. The monoisotopic (exact) mass is 622 g/mol. The molecule has 7 nitrogen and oxygen atoms in total. The fourth-order valence-electron chi connectivity index (χ4n) is 7.26. The maximum Gasteiger partial charge on any atom is 0.169 e. The molecule has 47 heavy (non-hydrogen) atoms. The van der Waals surface area contributed by atoms with Crippen LogP contribution < -0.4 is 14.2 Å². The fourth-order valence-corrected chi connectivity index (χ4v) is 7.26. The van der Waals surface area contributed by atoms with Crippen molar-refractivity contribution in [3.8, 4) is 23.0 Å². The van der Waals surface area contributed by atoms with Crippen LogP contribution >= 0.6 is 0 Å². The van der Waals surface area contributed by atoms with Gasteiger partial charge in [-0.3, -0.25) is 9.98 Å². The first-order valence-electron chi connectivity index (χ1n) is 16.4. The lowest BCUT2D eigenvalue weighted by atomic mass is 9.84. The highest BCUT2D eigenvalue weighted by atomic mass is 16.5. The molecular formula is C40H38N4O3. The van der Waals surface area contributed by atoms with Crippen molar-refractivity contribution < 1.29 is 14.2 Å². The zero-order valence-electron chi connectivity index (χ0n) is 27.0. The molecule has 2 aliphatic heterocycles. The van der Waals surface area contributed by atoms with Crippen LogP contribution in [0.1, 0.15) is 52.4 Å². The van der Waals surface area contributed by atoms with Crippen molar-refractivity contribution in [2.24, 2.45) is 9.98 Å². The van der Waals surface area contributed by atoms with Gasteiger partial charge in [0.1, 0.15) is 11.5 Å². The van der Waals surface area contributed by atoms with E-state index in [0.717, 1.165) is 78.5 Å². The van der Waals surface area contributed by atoms with Crippen molar-refractivity contribution in [2.45, 2.75) is 38.5 Å². The van der Waals surface area contributed by atoms with E-state index in [4.69, 9.17) is 24.2 Å². The largest absolute Gasteiger partial charge is 0.497 e. The third-order valence-electron chi connectivity index (χ3n) is 9.59. The Kier molecular flexibility index (Phi) is 7.52. The molecule has 0 saturated carbocycles. The van der Waals surface area contributed by atoms with E-state index >= 15 is 0 Å². The Balaban J connectivity index is 1.20. The highest BCUT2D eigenvalue weighted by Crippen LogP contribution is 2.39. The molecule has 0 saturated heterocycles. The summed E-state index contributed by atoms with van der Waals surface area (Å²) in [6.45, 7) is 3.70. The maximum absolute atomic E-state index is 6.39. The van der Waals surface area contributed by atoms with Crippen molar-refractivity contribution in [1.82, 2.24) is 9.97 Å². The van der Waals surface area contributed by atoms with Gasteiger partial charge in [0.15, 0.2) is 11.5 Å². The summed E-state index contributed by atoms with van der Waals surface area (Å²) < 4.78 is 17.7.